The normalized spacial score (nSPS) is 12.0. The molecule has 10 heavy (non-hydrogen) atoms. The molecule has 4 nitrogen and oxygen atoms in total. The Morgan fingerprint density at radius 1 is 1.70 bits per heavy atom. The van der Waals surface area contributed by atoms with Crippen LogP contribution in [0.2, 0.25) is 0 Å². The van der Waals surface area contributed by atoms with Gasteiger partial charge in [0.2, 0.25) is 0 Å². The van der Waals surface area contributed by atoms with E-state index in [2.05, 4.69) is 0 Å². The number of carboxylic acid groups (broad SMARTS) is 1. The summed E-state index contributed by atoms with van der Waals surface area (Å²) in [4.78, 5) is 10.0. The molecule has 56 valence electrons. The summed E-state index contributed by atoms with van der Waals surface area (Å²) in [5.74, 6) is -1.55. The molecule has 0 aliphatic heterocycles. The third-order valence-electron chi connectivity index (χ3n) is 1.08. The van der Waals surface area contributed by atoms with Crippen molar-refractivity contribution in [3.63, 3.8) is 0 Å². The monoisotopic (exact) mass is 143 g/mol. The highest BCUT2D eigenvalue weighted by Crippen LogP contribution is 2.05. The highest BCUT2D eigenvalue weighted by molar-refractivity contribution is 5.67. The van der Waals surface area contributed by atoms with Crippen LogP contribution in [0.3, 0.4) is 0 Å². The standard InChI is InChI=1S/C6H9NO3/c7-4-5(1-2-8)3-6(9)10/h5,8H,1-3H2,(H,9,10). The second-order valence-corrected chi connectivity index (χ2v) is 1.94. The first-order valence-corrected chi connectivity index (χ1v) is 2.93. The summed E-state index contributed by atoms with van der Waals surface area (Å²) in [7, 11) is 0. The average Bonchev–Trinajstić information content (AvgIpc) is 1.86. The van der Waals surface area contributed by atoms with Gasteiger partial charge in [0.05, 0.1) is 18.4 Å². The van der Waals surface area contributed by atoms with Gasteiger partial charge in [0.1, 0.15) is 0 Å². The highest BCUT2D eigenvalue weighted by Gasteiger charge is 2.10. The first-order chi connectivity index (χ1) is 4.70. The number of nitrogens with zero attached hydrogens (tertiary/aromatic N) is 1. The molecule has 0 spiro atoms. The topological polar surface area (TPSA) is 81.3 Å². The first kappa shape index (κ1) is 8.92. The van der Waals surface area contributed by atoms with E-state index in [1.54, 1.807) is 6.07 Å². The number of rotatable bonds is 4. The molecule has 0 fully saturated rings. The van der Waals surface area contributed by atoms with E-state index in [0.717, 1.165) is 0 Å². The number of hydrogen-bond acceptors (Lipinski definition) is 3. The van der Waals surface area contributed by atoms with Gasteiger partial charge in [-0.25, -0.2) is 0 Å². The molecule has 0 rings (SSSR count). The van der Waals surface area contributed by atoms with Gasteiger partial charge in [0.25, 0.3) is 0 Å². The number of hydrogen-bond donors (Lipinski definition) is 2. The lowest BCUT2D eigenvalue weighted by atomic mass is 10.0. The molecule has 1 unspecified atom stereocenters. The predicted octanol–water partition coefficient (Wildman–Crippen LogP) is -0.0167. The van der Waals surface area contributed by atoms with Gasteiger partial charge in [-0.05, 0) is 6.42 Å². The Balaban J connectivity index is 3.63. The van der Waals surface area contributed by atoms with Gasteiger partial charge >= 0.3 is 5.97 Å². The van der Waals surface area contributed by atoms with Gasteiger partial charge in [-0.2, -0.15) is 5.26 Å². The minimum Gasteiger partial charge on any atom is -0.481 e. The van der Waals surface area contributed by atoms with E-state index in [1.807, 2.05) is 0 Å². The van der Waals surface area contributed by atoms with Gasteiger partial charge < -0.3 is 10.2 Å². The van der Waals surface area contributed by atoms with Crippen LogP contribution in [0.4, 0.5) is 0 Å². The van der Waals surface area contributed by atoms with Crippen molar-refractivity contribution >= 4 is 5.97 Å². The van der Waals surface area contributed by atoms with Crippen molar-refractivity contribution in [2.75, 3.05) is 6.61 Å². The Hall–Kier alpha value is -1.08. The van der Waals surface area contributed by atoms with E-state index in [4.69, 9.17) is 15.5 Å². The largest absolute Gasteiger partial charge is 0.481 e. The average molecular weight is 143 g/mol. The molecular formula is C6H9NO3. The maximum atomic E-state index is 10.0. The van der Waals surface area contributed by atoms with Gasteiger partial charge in [-0.1, -0.05) is 0 Å². The fourth-order valence-electron chi connectivity index (χ4n) is 0.579. The van der Waals surface area contributed by atoms with Gasteiger partial charge in [0, 0.05) is 6.61 Å². The molecule has 2 N–H and O–H groups in total. The summed E-state index contributed by atoms with van der Waals surface area (Å²) in [6.45, 7) is -0.133. The molecular weight excluding hydrogens is 134 g/mol. The molecule has 0 saturated heterocycles. The van der Waals surface area contributed by atoms with Gasteiger partial charge in [0.15, 0.2) is 0 Å². The SMILES string of the molecule is N#CC(CCO)CC(=O)O. The molecule has 0 heterocycles. The van der Waals surface area contributed by atoms with Crippen LogP contribution in [0.25, 0.3) is 0 Å². The van der Waals surface area contributed by atoms with Crippen LogP contribution < -0.4 is 0 Å². The number of carboxylic acids is 1. The van der Waals surface area contributed by atoms with E-state index < -0.39 is 11.9 Å². The Bertz CT molecular complexity index is 150. The van der Waals surface area contributed by atoms with E-state index >= 15 is 0 Å². The third-order valence-corrected chi connectivity index (χ3v) is 1.08. The number of aliphatic carboxylic acids is 1. The van der Waals surface area contributed by atoms with Crippen molar-refractivity contribution in [1.29, 1.82) is 5.26 Å². The molecule has 0 aromatic carbocycles. The number of aliphatic hydroxyl groups is 1. The maximum absolute atomic E-state index is 10.0. The summed E-state index contributed by atoms with van der Waals surface area (Å²) >= 11 is 0. The zero-order valence-electron chi connectivity index (χ0n) is 5.45. The van der Waals surface area contributed by atoms with Gasteiger partial charge in [-0.3, -0.25) is 4.79 Å². The molecule has 0 saturated carbocycles. The van der Waals surface area contributed by atoms with E-state index in [1.165, 1.54) is 0 Å². The van der Waals surface area contributed by atoms with Crippen LogP contribution in [0, 0.1) is 17.2 Å². The molecule has 0 radical (unpaired) electrons. The van der Waals surface area contributed by atoms with Crippen molar-refractivity contribution in [3.05, 3.63) is 0 Å². The smallest absolute Gasteiger partial charge is 0.304 e. The Morgan fingerprint density at radius 3 is 2.60 bits per heavy atom. The van der Waals surface area contributed by atoms with Gasteiger partial charge in [-0.15, -0.1) is 0 Å². The van der Waals surface area contributed by atoms with Crippen molar-refractivity contribution in [3.8, 4) is 6.07 Å². The zero-order chi connectivity index (χ0) is 7.98. The molecule has 4 heteroatoms. The van der Waals surface area contributed by atoms with Crippen LogP contribution in [0.15, 0.2) is 0 Å². The van der Waals surface area contributed by atoms with E-state index in [0.29, 0.717) is 0 Å². The molecule has 0 aromatic heterocycles. The van der Waals surface area contributed by atoms with Crippen molar-refractivity contribution < 1.29 is 15.0 Å². The first-order valence-electron chi connectivity index (χ1n) is 2.93. The molecule has 0 amide bonds. The quantitative estimate of drug-likeness (QED) is 0.579. The summed E-state index contributed by atoms with van der Waals surface area (Å²) < 4.78 is 0. The van der Waals surface area contributed by atoms with Crippen LogP contribution >= 0.6 is 0 Å². The summed E-state index contributed by atoms with van der Waals surface area (Å²) in [5.41, 5.74) is 0. The minimum atomic E-state index is -1.000. The Kier molecular flexibility index (Phi) is 4.25. The molecule has 0 aromatic rings. The summed E-state index contributed by atoms with van der Waals surface area (Å²) in [5, 5.41) is 24.8. The Morgan fingerprint density at radius 2 is 2.30 bits per heavy atom. The maximum Gasteiger partial charge on any atom is 0.304 e. The van der Waals surface area contributed by atoms with Crippen LogP contribution in [-0.4, -0.2) is 22.8 Å². The lowest BCUT2D eigenvalue weighted by Crippen LogP contribution is -2.07. The fraction of sp³-hybridized carbons (Fsp3) is 0.667. The lowest BCUT2D eigenvalue weighted by molar-refractivity contribution is -0.137. The fourth-order valence-corrected chi connectivity index (χ4v) is 0.579. The van der Waals surface area contributed by atoms with Crippen LogP contribution in [0.1, 0.15) is 12.8 Å². The van der Waals surface area contributed by atoms with Crippen molar-refractivity contribution in [2.24, 2.45) is 5.92 Å². The predicted molar refractivity (Wildman–Crippen MR) is 33.1 cm³/mol. The minimum absolute atomic E-state index is 0.133. The number of nitriles is 1. The number of carbonyl (C=O) groups is 1. The van der Waals surface area contributed by atoms with Crippen LogP contribution in [0.5, 0.6) is 0 Å². The highest BCUT2D eigenvalue weighted by atomic mass is 16.4. The Labute approximate surface area is 58.7 Å². The second kappa shape index (κ2) is 4.77. The van der Waals surface area contributed by atoms with Crippen molar-refractivity contribution in [1.82, 2.24) is 0 Å². The number of aliphatic hydroxyl groups excluding tert-OH is 1. The van der Waals surface area contributed by atoms with Crippen LogP contribution in [-0.2, 0) is 4.79 Å². The lowest BCUT2D eigenvalue weighted by Gasteiger charge is -2.00. The summed E-state index contributed by atoms with van der Waals surface area (Å²) in [6, 6.07) is 1.79. The van der Waals surface area contributed by atoms with E-state index in [9.17, 15) is 4.79 Å². The zero-order valence-corrected chi connectivity index (χ0v) is 5.45. The molecule has 1 atom stereocenters. The summed E-state index contributed by atoms with van der Waals surface area (Å²) in [6.07, 6.45) is 0.0554. The van der Waals surface area contributed by atoms with Crippen molar-refractivity contribution in [2.45, 2.75) is 12.8 Å². The molecule has 0 bridgehead atoms. The third kappa shape index (κ3) is 3.87. The molecule has 0 aliphatic carbocycles. The molecule has 0 aliphatic rings. The van der Waals surface area contributed by atoms with E-state index in [-0.39, 0.29) is 19.4 Å². The second-order valence-electron chi connectivity index (χ2n) is 1.94.